The van der Waals surface area contributed by atoms with Gasteiger partial charge in [-0.2, -0.15) is 0 Å². The van der Waals surface area contributed by atoms with Gasteiger partial charge in [-0.1, -0.05) is 19.6 Å². The summed E-state index contributed by atoms with van der Waals surface area (Å²) in [5.74, 6) is 0.479. The topological polar surface area (TPSA) is 51.9 Å². The largest absolute Gasteiger partial charge is 0.459 e. The summed E-state index contributed by atoms with van der Waals surface area (Å²) < 4.78 is 16.2. The van der Waals surface area contributed by atoms with Gasteiger partial charge < -0.3 is 18.8 Å². The van der Waals surface area contributed by atoms with Gasteiger partial charge in [0.2, 0.25) is 0 Å². The minimum absolute atomic E-state index is 0.0241. The Labute approximate surface area is 133 Å². The van der Waals surface area contributed by atoms with Crippen LogP contribution in [0.2, 0.25) is 19.6 Å². The molecule has 1 saturated heterocycles. The number of carbonyl (C=O) groups excluding carboxylic acids is 1. The minimum atomic E-state index is -1.62. The fraction of sp³-hybridized carbons (Fsp3) is 0.688. The van der Waals surface area contributed by atoms with E-state index >= 15 is 0 Å². The summed E-state index contributed by atoms with van der Waals surface area (Å²) in [5, 5.41) is 1.08. The standard InChI is InChI=1S/C16H27NO4Si/c1-19-10-12-6-7-13(11-20-2)17(12)16(18)15-14(8-9-21-15)22(3,4)5/h8-9,12-13H,6-7,10-11H2,1-5H3/t12-,13-/m1/s1. The van der Waals surface area contributed by atoms with Gasteiger partial charge in [-0.25, -0.2) is 0 Å². The van der Waals surface area contributed by atoms with Crippen LogP contribution in [-0.4, -0.2) is 58.4 Å². The second kappa shape index (κ2) is 6.98. The van der Waals surface area contributed by atoms with Crippen molar-refractivity contribution in [1.82, 2.24) is 4.90 Å². The molecule has 2 rings (SSSR count). The lowest BCUT2D eigenvalue weighted by Gasteiger charge is -2.30. The number of rotatable bonds is 6. The van der Waals surface area contributed by atoms with E-state index in [2.05, 4.69) is 19.6 Å². The van der Waals surface area contributed by atoms with E-state index in [9.17, 15) is 4.79 Å². The van der Waals surface area contributed by atoms with Crippen molar-refractivity contribution in [3.8, 4) is 0 Å². The van der Waals surface area contributed by atoms with E-state index in [4.69, 9.17) is 13.9 Å². The van der Waals surface area contributed by atoms with E-state index in [1.165, 1.54) is 0 Å². The molecule has 1 aromatic rings. The Morgan fingerprint density at radius 3 is 2.23 bits per heavy atom. The SMILES string of the molecule is COC[C@H]1CC[C@H](COC)N1C(=O)c1occc1[Si](C)(C)C. The molecule has 22 heavy (non-hydrogen) atoms. The van der Waals surface area contributed by atoms with Gasteiger partial charge in [0.05, 0.1) is 39.6 Å². The smallest absolute Gasteiger partial charge is 0.290 e. The molecule has 0 bridgehead atoms. The van der Waals surface area contributed by atoms with Crippen LogP contribution < -0.4 is 5.19 Å². The molecule has 0 radical (unpaired) electrons. The highest BCUT2D eigenvalue weighted by Crippen LogP contribution is 2.27. The molecule has 1 fully saturated rings. The molecule has 1 amide bonds. The lowest BCUT2D eigenvalue weighted by molar-refractivity contribution is 0.0395. The lowest BCUT2D eigenvalue weighted by atomic mass is 10.2. The molecule has 1 aromatic heterocycles. The Kier molecular flexibility index (Phi) is 5.47. The van der Waals surface area contributed by atoms with Crippen LogP contribution in [0.15, 0.2) is 16.7 Å². The number of methoxy groups -OCH3 is 2. The number of hydrogen-bond acceptors (Lipinski definition) is 4. The van der Waals surface area contributed by atoms with Gasteiger partial charge in [-0.3, -0.25) is 4.79 Å². The number of furan rings is 1. The van der Waals surface area contributed by atoms with Gasteiger partial charge in [0, 0.05) is 14.2 Å². The average molecular weight is 325 g/mol. The average Bonchev–Trinajstić information content (AvgIpc) is 3.06. The molecular weight excluding hydrogens is 298 g/mol. The lowest BCUT2D eigenvalue weighted by Crippen LogP contribution is -2.48. The van der Waals surface area contributed by atoms with Crippen molar-refractivity contribution in [1.29, 1.82) is 0 Å². The maximum Gasteiger partial charge on any atom is 0.290 e. The second-order valence-electron chi connectivity index (χ2n) is 6.92. The Hall–Kier alpha value is -1.11. The third-order valence-electron chi connectivity index (χ3n) is 4.24. The van der Waals surface area contributed by atoms with E-state index < -0.39 is 8.07 Å². The first-order valence-corrected chi connectivity index (χ1v) is 11.3. The Morgan fingerprint density at radius 2 is 1.77 bits per heavy atom. The maximum atomic E-state index is 13.1. The van der Waals surface area contributed by atoms with Gasteiger partial charge in [0.25, 0.3) is 5.91 Å². The van der Waals surface area contributed by atoms with Crippen molar-refractivity contribution in [2.75, 3.05) is 27.4 Å². The third kappa shape index (κ3) is 3.44. The van der Waals surface area contributed by atoms with Gasteiger partial charge >= 0.3 is 0 Å². The highest BCUT2D eigenvalue weighted by molar-refractivity contribution is 6.89. The quantitative estimate of drug-likeness (QED) is 0.752. The van der Waals surface area contributed by atoms with Crippen molar-refractivity contribution in [2.24, 2.45) is 0 Å². The first kappa shape index (κ1) is 17.2. The fourth-order valence-corrected chi connectivity index (χ4v) is 4.60. The van der Waals surface area contributed by atoms with E-state index in [1.54, 1.807) is 20.5 Å². The molecule has 1 aliphatic rings. The predicted octanol–water partition coefficient (Wildman–Crippen LogP) is 2.09. The predicted molar refractivity (Wildman–Crippen MR) is 88.4 cm³/mol. The third-order valence-corrected chi connectivity index (χ3v) is 6.25. The van der Waals surface area contributed by atoms with Crippen LogP contribution in [0.3, 0.4) is 0 Å². The van der Waals surface area contributed by atoms with E-state index in [1.807, 2.05) is 11.0 Å². The van der Waals surface area contributed by atoms with Crippen molar-refractivity contribution in [2.45, 2.75) is 44.6 Å². The van der Waals surface area contributed by atoms with Crippen LogP contribution >= 0.6 is 0 Å². The van der Waals surface area contributed by atoms with Gasteiger partial charge in [-0.05, 0) is 24.1 Å². The first-order chi connectivity index (χ1) is 10.4. The Bertz CT molecular complexity index is 494. The summed E-state index contributed by atoms with van der Waals surface area (Å²) >= 11 is 0. The molecular formula is C16H27NO4Si. The maximum absolute atomic E-state index is 13.1. The Balaban J connectivity index is 2.30. The number of likely N-dealkylation sites (tertiary alicyclic amines) is 1. The minimum Gasteiger partial charge on any atom is -0.459 e. The van der Waals surface area contributed by atoms with Crippen molar-refractivity contribution in [3.05, 3.63) is 18.1 Å². The van der Waals surface area contributed by atoms with Crippen LogP contribution in [0, 0.1) is 0 Å². The zero-order valence-corrected chi connectivity index (χ0v) is 15.2. The summed E-state index contributed by atoms with van der Waals surface area (Å²) in [6.45, 7) is 7.76. The summed E-state index contributed by atoms with van der Waals surface area (Å²) in [4.78, 5) is 15.0. The summed E-state index contributed by atoms with van der Waals surface area (Å²) in [6, 6.07) is 2.14. The highest BCUT2D eigenvalue weighted by Gasteiger charge is 2.40. The molecule has 0 spiro atoms. The van der Waals surface area contributed by atoms with Crippen LogP contribution in [0.25, 0.3) is 0 Å². The molecule has 2 heterocycles. The summed E-state index contributed by atoms with van der Waals surface area (Å²) in [5.41, 5.74) is 0. The zero-order valence-electron chi connectivity index (χ0n) is 14.2. The molecule has 1 aliphatic heterocycles. The van der Waals surface area contributed by atoms with Gasteiger partial charge in [0.1, 0.15) is 0 Å². The second-order valence-corrected chi connectivity index (χ2v) is 12.0. The van der Waals surface area contributed by atoms with Crippen molar-refractivity contribution in [3.63, 3.8) is 0 Å². The van der Waals surface area contributed by atoms with Crippen LogP contribution in [0.4, 0.5) is 0 Å². The van der Waals surface area contributed by atoms with Crippen molar-refractivity contribution < 1.29 is 18.7 Å². The van der Waals surface area contributed by atoms with Crippen LogP contribution in [-0.2, 0) is 9.47 Å². The first-order valence-electron chi connectivity index (χ1n) is 7.78. The highest BCUT2D eigenvalue weighted by atomic mass is 28.3. The number of ether oxygens (including phenoxy) is 2. The fourth-order valence-electron chi connectivity index (χ4n) is 3.19. The van der Waals surface area contributed by atoms with Crippen molar-refractivity contribution >= 4 is 19.2 Å². The zero-order chi connectivity index (χ0) is 16.3. The van der Waals surface area contributed by atoms with E-state index in [0.717, 1.165) is 18.0 Å². The van der Waals surface area contributed by atoms with E-state index in [0.29, 0.717) is 19.0 Å². The number of hydrogen-bond donors (Lipinski definition) is 0. The van der Waals surface area contributed by atoms with Crippen LogP contribution in [0.1, 0.15) is 23.4 Å². The summed E-state index contributed by atoms with van der Waals surface area (Å²) in [7, 11) is 1.72. The number of carbonyl (C=O) groups is 1. The molecule has 5 nitrogen and oxygen atoms in total. The molecule has 0 N–H and O–H groups in total. The van der Waals surface area contributed by atoms with E-state index in [-0.39, 0.29) is 18.0 Å². The molecule has 0 saturated carbocycles. The normalized spacial score (nSPS) is 22.3. The molecule has 2 atom stereocenters. The molecule has 6 heteroatoms. The Morgan fingerprint density at radius 1 is 1.23 bits per heavy atom. The monoisotopic (exact) mass is 325 g/mol. The van der Waals surface area contributed by atoms with Gasteiger partial charge in [0.15, 0.2) is 5.76 Å². The number of amides is 1. The van der Waals surface area contributed by atoms with Gasteiger partial charge in [-0.15, -0.1) is 0 Å². The molecule has 0 unspecified atom stereocenters. The molecule has 124 valence electrons. The molecule has 0 aromatic carbocycles. The van der Waals surface area contributed by atoms with Crippen LogP contribution in [0.5, 0.6) is 0 Å². The number of nitrogens with zero attached hydrogens (tertiary/aromatic N) is 1. The molecule has 0 aliphatic carbocycles. The summed E-state index contributed by atoms with van der Waals surface area (Å²) in [6.07, 6.45) is 3.51.